The minimum atomic E-state index is -0.142. The maximum absolute atomic E-state index is 12.4. The molecule has 1 heterocycles. The molecule has 21 heavy (non-hydrogen) atoms. The number of aryl methyl sites for hydroxylation is 1. The van der Waals surface area contributed by atoms with E-state index in [0.29, 0.717) is 5.56 Å². The molecule has 0 unspecified atom stereocenters. The Morgan fingerprint density at radius 1 is 1.10 bits per heavy atom. The number of carbonyl (C=O) groups is 1. The topological polar surface area (TPSA) is 44.9 Å². The summed E-state index contributed by atoms with van der Waals surface area (Å²) in [7, 11) is 0. The van der Waals surface area contributed by atoms with E-state index in [1.807, 2.05) is 49.5 Å². The van der Waals surface area contributed by atoms with Crippen LogP contribution in [0.3, 0.4) is 0 Å². The molecule has 1 aromatic heterocycles. The van der Waals surface area contributed by atoms with Gasteiger partial charge in [-0.1, -0.05) is 6.07 Å². The molecule has 1 amide bonds. The molecular formula is C16H12Br2N2O. The number of amides is 1. The molecule has 0 aliphatic heterocycles. The van der Waals surface area contributed by atoms with E-state index in [9.17, 15) is 4.79 Å². The van der Waals surface area contributed by atoms with Crippen molar-refractivity contribution in [2.24, 2.45) is 0 Å². The van der Waals surface area contributed by atoms with Gasteiger partial charge in [-0.3, -0.25) is 4.79 Å². The van der Waals surface area contributed by atoms with Crippen LogP contribution in [0.4, 0.5) is 5.69 Å². The van der Waals surface area contributed by atoms with Crippen molar-refractivity contribution in [2.45, 2.75) is 6.92 Å². The summed E-state index contributed by atoms with van der Waals surface area (Å²) in [5, 5.41) is 4.02. The quantitative estimate of drug-likeness (QED) is 0.598. The van der Waals surface area contributed by atoms with Gasteiger partial charge in [-0.2, -0.15) is 0 Å². The largest absolute Gasteiger partial charge is 0.361 e. The van der Waals surface area contributed by atoms with E-state index >= 15 is 0 Å². The number of rotatable bonds is 2. The normalized spacial score (nSPS) is 10.8. The lowest BCUT2D eigenvalue weighted by molar-refractivity contribution is 0.102. The van der Waals surface area contributed by atoms with Crippen LogP contribution in [0.5, 0.6) is 0 Å². The fraction of sp³-hybridized carbons (Fsp3) is 0.0625. The molecule has 3 nitrogen and oxygen atoms in total. The highest BCUT2D eigenvalue weighted by molar-refractivity contribution is 9.11. The number of anilines is 1. The third-order valence-corrected chi connectivity index (χ3v) is 4.49. The number of hydrogen-bond acceptors (Lipinski definition) is 1. The first-order valence-electron chi connectivity index (χ1n) is 6.39. The van der Waals surface area contributed by atoms with Crippen LogP contribution >= 0.6 is 31.9 Å². The van der Waals surface area contributed by atoms with Gasteiger partial charge in [0, 0.05) is 26.2 Å². The van der Waals surface area contributed by atoms with E-state index in [1.54, 1.807) is 0 Å². The summed E-state index contributed by atoms with van der Waals surface area (Å²) in [4.78, 5) is 15.5. The number of H-pyrrole nitrogens is 1. The molecule has 5 heteroatoms. The van der Waals surface area contributed by atoms with Crippen molar-refractivity contribution >= 4 is 54.4 Å². The summed E-state index contributed by atoms with van der Waals surface area (Å²) in [5.74, 6) is -0.142. The van der Waals surface area contributed by atoms with Gasteiger partial charge in [0.2, 0.25) is 0 Å². The van der Waals surface area contributed by atoms with Crippen LogP contribution in [0, 0.1) is 6.92 Å². The second kappa shape index (κ2) is 5.66. The molecule has 0 saturated heterocycles. The van der Waals surface area contributed by atoms with Crippen molar-refractivity contribution in [3.05, 3.63) is 62.7 Å². The molecule has 0 radical (unpaired) electrons. The molecule has 106 valence electrons. The smallest absolute Gasteiger partial charge is 0.255 e. The van der Waals surface area contributed by atoms with Crippen molar-refractivity contribution < 1.29 is 4.79 Å². The molecule has 2 aromatic carbocycles. The Bertz CT molecular complexity index is 816. The van der Waals surface area contributed by atoms with E-state index in [4.69, 9.17) is 0 Å². The highest BCUT2D eigenvalue weighted by Gasteiger charge is 2.12. The molecule has 0 fully saturated rings. The lowest BCUT2D eigenvalue weighted by atomic mass is 10.1. The van der Waals surface area contributed by atoms with Crippen molar-refractivity contribution in [3.8, 4) is 0 Å². The number of aromatic amines is 1. The van der Waals surface area contributed by atoms with Gasteiger partial charge in [-0.25, -0.2) is 0 Å². The first-order valence-corrected chi connectivity index (χ1v) is 7.97. The molecule has 3 rings (SSSR count). The average Bonchev–Trinajstić information content (AvgIpc) is 2.89. The Morgan fingerprint density at radius 3 is 2.52 bits per heavy atom. The first-order chi connectivity index (χ1) is 10.0. The molecule has 0 saturated carbocycles. The molecular weight excluding hydrogens is 396 g/mol. The Balaban J connectivity index is 1.92. The molecule has 0 aliphatic carbocycles. The van der Waals surface area contributed by atoms with Crippen LogP contribution < -0.4 is 5.32 Å². The van der Waals surface area contributed by atoms with Crippen molar-refractivity contribution in [1.29, 1.82) is 0 Å². The van der Waals surface area contributed by atoms with E-state index in [2.05, 4.69) is 42.2 Å². The van der Waals surface area contributed by atoms with Crippen LogP contribution in [0.1, 0.15) is 15.9 Å². The second-order valence-corrected chi connectivity index (χ2v) is 6.55. The van der Waals surface area contributed by atoms with Gasteiger partial charge in [0.05, 0.1) is 5.69 Å². The second-order valence-electron chi connectivity index (χ2n) is 4.84. The zero-order valence-electron chi connectivity index (χ0n) is 11.2. The van der Waals surface area contributed by atoms with Crippen molar-refractivity contribution in [3.63, 3.8) is 0 Å². The average molecular weight is 408 g/mol. The van der Waals surface area contributed by atoms with E-state index in [0.717, 1.165) is 31.1 Å². The number of nitrogens with one attached hydrogen (secondary N) is 2. The predicted octanol–water partition coefficient (Wildman–Crippen LogP) is 5.25. The van der Waals surface area contributed by atoms with Gasteiger partial charge in [-0.05, 0) is 80.1 Å². The fourth-order valence-electron chi connectivity index (χ4n) is 2.19. The van der Waals surface area contributed by atoms with Crippen molar-refractivity contribution in [2.75, 3.05) is 5.32 Å². The van der Waals surface area contributed by atoms with Crippen LogP contribution in [0.15, 0.2) is 51.5 Å². The van der Waals surface area contributed by atoms with Gasteiger partial charge in [0.25, 0.3) is 5.91 Å². The van der Waals surface area contributed by atoms with E-state index < -0.39 is 0 Å². The Morgan fingerprint density at radius 2 is 1.81 bits per heavy atom. The number of carbonyl (C=O) groups excluding carboxylic acids is 1. The fourth-order valence-corrected chi connectivity index (χ4v) is 3.81. The molecule has 0 bridgehead atoms. The lowest BCUT2D eigenvalue weighted by Crippen LogP contribution is -2.12. The summed E-state index contributed by atoms with van der Waals surface area (Å²) < 4.78 is 1.70. The van der Waals surface area contributed by atoms with E-state index in [-0.39, 0.29) is 5.91 Å². The van der Waals surface area contributed by atoms with Crippen LogP contribution in [-0.2, 0) is 0 Å². The maximum Gasteiger partial charge on any atom is 0.255 e. The third-order valence-electron chi connectivity index (χ3n) is 3.24. The highest BCUT2D eigenvalue weighted by atomic mass is 79.9. The Labute approximate surface area is 139 Å². The molecule has 0 aliphatic rings. The Hall–Kier alpha value is -1.59. The maximum atomic E-state index is 12.4. The number of fused-ring (bicyclic) bond motifs is 1. The molecule has 2 N–H and O–H groups in total. The number of aromatic nitrogens is 1. The summed E-state index contributed by atoms with van der Waals surface area (Å²) in [6.07, 6.45) is 1.86. The highest BCUT2D eigenvalue weighted by Crippen LogP contribution is 2.32. The van der Waals surface area contributed by atoms with Gasteiger partial charge < -0.3 is 10.3 Å². The molecule has 3 aromatic rings. The summed E-state index contributed by atoms with van der Waals surface area (Å²) in [6.45, 7) is 2.00. The minimum Gasteiger partial charge on any atom is -0.361 e. The van der Waals surface area contributed by atoms with Crippen molar-refractivity contribution in [1.82, 2.24) is 4.98 Å². The predicted molar refractivity (Wildman–Crippen MR) is 92.8 cm³/mol. The standard InChI is InChI=1S/C16H12Br2N2O/c1-9-6-12(17)15(13(18)7-9)20-16(21)11-3-2-10-4-5-19-14(10)8-11/h2-8,19H,1H3,(H,20,21). The van der Waals surface area contributed by atoms with Gasteiger partial charge in [-0.15, -0.1) is 0 Å². The number of hydrogen-bond donors (Lipinski definition) is 2. The minimum absolute atomic E-state index is 0.142. The van der Waals surface area contributed by atoms with Crippen LogP contribution in [0.25, 0.3) is 10.9 Å². The van der Waals surface area contributed by atoms with Gasteiger partial charge >= 0.3 is 0 Å². The Kier molecular flexibility index (Phi) is 3.87. The first kappa shape index (κ1) is 14.4. The number of halogens is 2. The zero-order chi connectivity index (χ0) is 15.0. The monoisotopic (exact) mass is 406 g/mol. The lowest BCUT2D eigenvalue weighted by Gasteiger charge is -2.11. The molecule has 0 spiro atoms. The summed E-state index contributed by atoms with van der Waals surface area (Å²) >= 11 is 6.96. The summed E-state index contributed by atoms with van der Waals surface area (Å²) in [6, 6.07) is 11.5. The van der Waals surface area contributed by atoms with E-state index in [1.165, 1.54) is 0 Å². The van der Waals surface area contributed by atoms with Gasteiger partial charge in [0.15, 0.2) is 0 Å². The SMILES string of the molecule is Cc1cc(Br)c(NC(=O)c2ccc3cc[nH]c3c2)c(Br)c1. The van der Waals surface area contributed by atoms with Gasteiger partial charge in [0.1, 0.15) is 0 Å². The molecule has 0 atom stereocenters. The number of benzene rings is 2. The van der Waals surface area contributed by atoms with Crippen LogP contribution in [0.2, 0.25) is 0 Å². The zero-order valence-corrected chi connectivity index (χ0v) is 14.4. The summed E-state index contributed by atoms with van der Waals surface area (Å²) in [5.41, 5.74) is 3.41. The van der Waals surface area contributed by atoms with Crippen LogP contribution in [-0.4, -0.2) is 10.9 Å². The third kappa shape index (κ3) is 2.89.